The molecule has 0 aliphatic carbocycles. The number of aromatic nitrogens is 2. The summed E-state index contributed by atoms with van der Waals surface area (Å²) < 4.78 is 1.94. The molecule has 2 heterocycles. The first-order valence-corrected chi connectivity index (χ1v) is 6.02. The van der Waals surface area contributed by atoms with Crippen LogP contribution in [0.15, 0.2) is 30.6 Å². The quantitative estimate of drug-likeness (QED) is 0.834. The molecule has 2 aromatic heterocycles. The van der Waals surface area contributed by atoms with Gasteiger partial charge in [0.15, 0.2) is 0 Å². The zero-order valence-electron chi connectivity index (χ0n) is 9.98. The predicted octanol–water partition coefficient (Wildman–Crippen LogP) is 2.79. The van der Waals surface area contributed by atoms with Gasteiger partial charge >= 0.3 is 0 Å². The molecule has 2 aromatic rings. The number of pyridine rings is 1. The Kier molecular flexibility index (Phi) is 3.57. The van der Waals surface area contributed by atoms with E-state index in [0.717, 1.165) is 19.4 Å². The smallest absolute Gasteiger partial charge is 0.0709 e. The molecule has 0 spiro atoms. The second kappa shape index (κ2) is 5.12. The van der Waals surface area contributed by atoms with Gasteiger partial charge in [0, 0.05) is 17.8 Å². The Labute approximate surface area is 96.5 Å². The van der Waals surface area contributed by atoms with Crippen LogP contribution in [0.4, 0.5) is 0 Å². The molecular formula is C13H19N3. The third-order valence-electron chi connectivity index (χ3n) is 2.88. The molecule has 0 aromatic carbocycles. The van der Waals surface area contributed by atoms with Gasteiger partial charge in [0.2, 0.25) is 0 Å². The lowest BCUT2D eigenvalue weighted by Gasteiger charge is -2.15. The van der Waals surface area contributed by atoms with Crippen molar-refractivity contribution in [2.75, 3.05) is 6.54 Å². The van der Waals surface area contributed by atoms with E-state index in [4.69, 9.17) is 0 Å². The lowest BCUT2D eigenvalue weighted by atomic mass is 10.1. The number of fused-ring (bicyclic) bond motifs is 1. The third kappa shape index (κ3) is 2.09. The molecule has 0 amide bonds. The molecule has 16 heavy (non-hydrogen) atoms. The first-order chi connectivity index (χ1) is 7.86. The molecule has 3 nitrogen and oxygen atoms in total. The van der Waals surface area contributed by atoms with E-state index in [9.17, 15) is 0 Å². The van der Waals surface area contributed by atoms with Crippen molar-refractivity contribution in [2.45, 2.75) is 32.7 Å². The van der Waals surface area contributed by atoms with Crippen molar-refractivity contribution >= 4 is 5.52 Å². The van der Waals surface area contributed by atoms with Crippen LogP contribution >= 0.6 is 0 Å². The Morgan fingerprint density at radius 3 is 3.00 bits per heavy atom. The summed E-state index contributed by atoms with van der Waals surface area (Å²) in [5.41, 5.74) is 2.51. The van der Waals surface area contributed by atoms with Gasteiger partial charge in [-0.3, -0.25) is 0 Å². The maximum absolute atomic E-state index is 4.37. The first-order valence-electron chi connectivity index (χ1n) is 6.02. The van der Waals surface area contributed by atoms with Gasteiger partial charge in [-0.25, -0.2) is 4.52 Å². The van der Waals surface area contributed by atoms with Crippen LogP contribution in [0.2, 0.25) is 0 Å². The van der Waals surface area contributed by atoms with Crippen molar-refractivity contribution in [3.05, 3.63) is 36.2 Å². The Bertz CT molecular complexity index is 447. The molecule has 3 heteroatoms. The van der Waals surface area contributed by atoms with Crippen LogP contribution in [0, 0.1) is 0 Å². The van der Waals surface area contributed by atoms with E-state index in [2.05, 4.69) is 36.4 Å². The van der Waals surface area contributed by atoms with Gasteiger partial charge in [-0.05, 0) is 31.5 Å². The minimum absolute atomic E-state index is 0.417. The molecule has 0 fully saturated rings. The van der Waals surface area contributed by atoms with Gasteiger partial charge in [-0.15, -0.1) is 0 Å². The maximum atomic E-state index is 4.37. The van der Waals surface area contributed by atoms with Crippen LogP contribution in [0.1, 0.15) is 38.3 Å². The van der Waals surface area contributed by atoms with Crippen LogP contribution in [0.25, 0.3) is 5.52 Å². The van der Waals surface area contributed by atoms with Crippen LogP contribution in [0.3, 0.4) is 0 Å². The summed E-state index contributed by atoms with van der Waals surface area (Å²) in [5, 5.41) is 7.93. The molecule has 2 rings (SSSR count). The van der Waals surface area contributed by atoms with E-state index in [1.165, 1.54) is 11.1 Å². The highest BCUT2D eigenvalue weighted by Crippen LogP contribution is 2.21. The van der Waals surface area contributed by atoms with E-state index in [1.54, 1.807) is 0 Å². The van der Waals surface area contributed by atoms with Gasteiger partial charge in [0.1, 0.15) is 0 Å². The van der Waals surface area contributed by atoms with Crippen molar-refractivity contribution in [1.82, 2.24) is 14.9 Å². The summed E-state index contributed by atoms with van der Waals surface area (Å²) in [4.78, 5) is 0. The highest BCUT2D eigenvalue weighted by Gasteiger charge is 2.13. The summed E-state index contributed by atoms with van der Waals surface area (Å²) in [6.07, 6.45) is 6.23. The van der Waals surface area contributed by atoms with Crippen molar-refractivity contribution in [3.8, 4) is 0 Å². The number of hydrogen-bond acceptors (Lipinski definition) is 2. The normalized spacial score (nSPS) is 13.1. The Balaban J connectivity index is 2.30. The summed E-state index contributed by atoms with van der Waals surface area (Å²) in [7, 11) is 0. The van der Waals surface area contributed by atoms with Crippen molar-refractivity contribution in [1.29, 1.82) is 0 Å². The third-order valence-corrected chi connectivity index (χ3v) is 2.88. The molecule has 0 saturated carbocycles. The van der Waals surface area contributed by atoms with E-state index in [1.807, 2.05) is 23.0 Å². The molecule has 1 atom stereocenters. The molecular weight excluding hydrogens is 198 g/mol. The van der Waals surface area contributed by atoms with Crippen LogP contribution < -0.4 is 5.32 Å². The summed E-state index contributed by atoms with van der Waals surface area (Å²) in [5.74, 6) is 0. The summed E-state index contributed by atoms with van der Waals surface area (Å²) >= 11 is 0. The second-order valence-electron chi connectivity index (χ2n) is 4.05. The molecule has 0 bridgehead atoms. The fourth-order valence-electron chi connectivity index (χ4n) is 2.02. The topological polar surface area (TPSA) is 29.3 Å². The van der Waals surface area contributed by atoms with Crippen LogP contribution in [0.5, 0.6) is 0 Å². The van der Waals surface area contributed by atoms with Crippen molar-refractivity contribution in [3.63, 3.8) is 0 Å². The van der Waals surface area contributed by atoms with E-state index >= 15 is 0 Å². The van der Waals surface area contributed by atoms with Gasteiger partial charge < -0.3 is 5.32 Å². The largest absolute Gasteiger partial charge is 0.310 e. The SMILES string of the molecule is CCCNC(CC)c1cnn2ccccc12. The van der Waals surface area contributed by atoms with Crippen molar-refractivity contribution < 1.29 is 0 Å². The highest BCUT2D eigenvalue weighted by molar-refractivity contribution is 5.54. The summed E-state index contributed by atoms with van der Waals surface area (Å²) in [6.45, 7) is 5.46. The van der Waals surface area contributed by atoms with Gasteiger partial charge in [0.25, 0.3) is 0 Å². The first kappa shape index (κ1) is 11.1. The lowest BCUT2D eigenvalue weighted by Crippen LogP contribution is -2.21. The molecule has 0 aliphatic rings. The molecule has 86 valence electrons. The number of nitrogens with zero attached hydrogens (tertiary/aromatic N) is 2. The second-order valence-corrected chi connectivity index (χ2v) is 4.05. The summed E-state index contributed by atoms with van der Waals surface area (Å²) in [6, 6.07) is 6.61. The Morgan fingerprint density at radius 1 is 1.38 bits per heavy atom. The van der Waals surface area contributed by atoms with Gasteiger partial charge in [-0.1, -0.05) is 19.9 Å². The average molecular weight is 217 g/mol. The Morgan fingerprint density at radius 2 is 2.25 bits per heavy atom. The average Bonchev–Trinajstić information content (AvgIpc) is 2.75. The molecule has 1 unspecified atom stereocenters. The van der Waals surface area contributed by atoms with E-state index in [0.29, 0.717) is 6.04 Å². The molecule has 0 radical (unpaired) electrons. The fraction of sp³-hybridized carbons (Fsp3) is 0.462. The monoisotopic (exact) mass is 217 g/mol. The minimum Gasteiger partial charge on any atom is -0.310 e. The zero-order valence-corrected chi connectivity index (χ0v) is 9.98. The van der Waals surface area contributed by atoms with Gasteiger partial charge in [-0.2, -0.15) is 5.10 Å². The molecule has 0 saturated heterocycles. The predicted molar refractivity (Wildman–Crippen MR) is 66.5 cm³/mol. The van der Waals surface area contributed by atoms with E-state index in [-0.39, 0.29) is 0 Å². The lowest BCUT2D eigenvalue weighted by molar-refractivity contribution is 0.521. The van der Waals surface area contributed by atoms with Crippen LogP contribution in [-0.2, 0) is 0 Å². The number of nitrogens with one attached hydrogen (secondary N) is 1. The maximum Gasteiger partial charge on any atom is 0.0709 e. The minimum atomic E-state index is 0.417. The highest BCUT2D eigenvalue weighted by atomic mass is 15.2. The van der Waals surface area contributed by atoms with Crippen molar-refractivity contribution in [2.24, 2.45) is 0 Å². The molecule has 1 N–H and O–H groups in total. The standard InChI is InChI=1S/C13H19N3/c1-3-8-14-12(4-2)11-10-15-16-9-6-5-7-13(11)16/h5-7,9-10,12,14H,3-4,8H2,1-2H3. The van der Waals surface area contributed by atoms with E-state index < -0.39 is 0 Å². The van der Waals surface area contributed by atoms with Crippen LogP contribution in [-0.4, -0.2) is 16.2 Å². The number of rotatable bonds is 5. The number of hydrogen-bond donors (Lipinski definition) is 1. The Hall–Kier alpha value is -1.35. The molecule has 0 aliphatic heterocycles. The fourth-order valence-corrected chi connectivity index (χ4v) is 2.02. The van der Waals surface area contributed by atoms with Gasteiger partial charge in [0.05, 0.1) is 11.7 Å². The zero-order chi connectivity index (χ0) is 11.4.